The molecule has 0 atom stereocenters. The molecule has 0 spiro atoms. The molecule has 0 aliphatic rings. The van der Waals surface area contributed by atoms with Crippen LogP contribution in [0, 0.1) is 12.7 Å². The Morgan fingerprint density at radius 3 is 2.64 bits per heavy atom. The molecule has 0 fully saturated rings. The van der Waals surface area contributed by atoms with Crippen LogP contribution in [0.2, 0.25) is 0 Å². The largest absolute Gasteiger partial charge is 0.207 e. The second kappa shape index (κ2) is 4.75. The van der Waals surface area contributed by atoms with E-state index in [2.05, 4.69) is 13.2 Å². The van der Waals surface area contributed by atoms with Gasteiger partial charge in [-0.05, 0) is 42.5 Å². The molecule has 0 saturated carbocycles. The van der Waals surface area contributed by atoms with E-state index in [1.807, 2.05) is 6.08 Å². The molecular weight excluding hydrogens is 175 g/mol. The summed E-state index contributed by atoms with van der Waals surface area (Å²) < 4.78 is 13.3. The summed E-state index contributed by atoms with van der Waals surface area (Å²) in [5, 5.41) is 0. The maximum Gasteiger partial charge on any atom is 0.126 e. The van der Waals surface area contributed by atoms with E-state index in [-0.39, 0.29) is 5.82 Å². The molecule has 1 rings (SSSR count). The minimum atomic E-state index is -0.144. The zero-order valence-corrected chi connectivity index (χ0v) is 8.52. The first-order valence-corrected chi connectivity index (χ1v) is 4.72. The molecule has 0 aliphatic carbocycles. The van der Waals surface area contributed by atoms with Gasteiger partial charge in [0.25, 0.3) is 0 Å². The van der Waals surface area contributed by atoms with E-state index in [0.717, 1.165) is 29.5 Å². The first kappa shape index (κ1) is 10.7. The lowest BCUT2D eigenvalue weighted by atomic mass is 9.97. The molecule has 0 amide bonds. The van der Waals surface area contributed by atoms with Crippen molar-refractivity contribution < 1.29 is 4.39 Å². The molecule has 0 N–H and O–H groups in total. The fourth-order valence-corrected chi connectivity index (χ4v) is 1.52. The summed E-state index contributed by atoms with van der Waals surface area (Å²) in [7, 11) is 0. The molecule has 0 bridgehead atoms. The van der Waals surface area contributed by atoms with Gasteiger partial charge in [-0.1, -0.05) is 24.8 Å². The van der Waals surface area contributed by atoms with Gasteiger partial charge in [-0.15, -0.1) is 6.58 Å². The molecule has 14 heavy (non-hydrogen) atoms. The third-order valence-electron chi connectivity index (χ3n) is 2.39. The molecule has 0 saturated heterocycles. The van der Waals surface area contributed by atoms with Crippen molar-refractivity contribution in [2.45, 2.75) is 19.8 Å². The van der Waals surface area contributed by atoms with Crippen molar-refractivity contribution in [3.8, 4) is 0 Å². The van der Waals surface area contributed by atoms with Gasteiger partial charge in [0.05, 0.1) is 0 Å². The van der Waals surface area contributed by atoms with Crippen LogP contribution in [0.1, 0.15) is 23.1 Å². The highest BCUT2D eigenvalue weighted by Gasteiger charge is 2.06. The summed E-state index contributed by atoms with van der Waals surface area (Å²) in [6.45, 7) is 9.19. The van der Waals surface area contributed by atoms with Gasteiger partial charge < -0.3 is 0 Å². The lowest BCUT2D eigenvalue weighted by Crippen LogP contribution is -1.96. The fourth-order valence-electron chi connectivity index (χ4n) is 1.52. The highest BCUT2D eigenvalue weighted by atomic mass is 19.1. The Balaban J connectivity index is 3.13. The molecule has 0 aliphatic heterocycles. The molecule has 1 aromatic rings. The zero-order chi connectivity index (χ0) is 10.6. The van der Waals surface area contributed by atoms with Crippen molar-refractivity contribution in [2.24, 2.45) is 0 Å². The quantitative estimate of drug-likeness (QED) is 0.632. The number of allylic oxidation sites excluding steroid dienone is 1. The number of halogens is 1. The van der Waals surface area contributed by atoms with E-state index < -0.39 is 0 Å². The molecule has 0 unspecified atom stereocenters. The van der Waals surface area contributed by atoms with E-state index in [1.165, 1.54) is 6.07 Å². The Labute approximate surface area is 84.8 Å². The Morgan fingerprint density at radius 2 is 2.07 bits per heavy atom. The van der Waals surface area contributed by atoms with Gasteiger partial charge in [0.15, 0.2) is 0 Å². The predicted octanol–water partition coefficient (Wildman–Crippen LogP) is 3.90. The second-order valence-electron chi connectivity index (χ2n) is 3.27. The molecule has 74 valence electrons. The first-order chi connectivity index (χ1) is 6.70. The van der Waals surface area contributed by atoms with Crippen molar-refractivity contribution in [2.75, 3.05) is 0 Å². The monoisotopic (exact) mass is 190 g/mol. The van der Waals surface area contributed by atoms with Crippen LogP contribution in [0.25, 0.3) is 6.08 Å². The molecule has 1 aromatic carbocycles. The summed E-state index contributed by atoms with van der Waals surface area (Å²) in [6.07, 6.45) is 5.31. The van der Waals surface area contributed by atoms with Crippen LogP contribution in [0.15, 0.2) is 31.4 Å². The third kappa shape index (κ3) is 2.11. The highest BCUT2D eigenvalue weighted by Crippen LogP contribution is 2.20. The Hall–Kier alpha value is -1.37. The number of hydrogen-bond donors (Lipinski definition) is 0. The minimum absolute atomic E-state index is 0.144. The van der Waals surface area contributed by atoms with Gasteiger partial charge in [-0.2, -0.15) is 0 Å². The van der Waals surface area contributed by atoms with Crippen LogP contribution in [0.3, 0.4) is 0 Å². The summed E-state index contributed by atoms with van der Waals surface area (Å²) in [6, 6.07) is 3.26. The van der Waals surface area contributed by atoms with E-state index >= 15 is 0 Å². The molecule has 0 radical (unpaired) electrons. The second-order valence-corrected chi connectivity index (χ2v) is 3.27. The molecule has 0 heterocycles. The van der Waals surface area contributed by atoms with E-state index in [1.54, 1.807) is 19.1 Å². The topological polar surface area (TPSA) is 0 Å². The minimum Gasteiger partial charge on any atom is -0.207 e. The first-order valence-electron chi connectivity index (χ1n) is 4.72. The van der Waals surface area contributed by atoms with E-state index in [0.29, 0.717) is 0 Å². The SMILES string of the molecule is C=CCCc1c(C=C)ccc(F)c1C. The third-order valence-corrected chi connectivity index (χ3v) is 2.39. The maximum atomic E-state index is 13.3. The van der Waals surface area contributed by atoms with Gasteiger partial charge >= 0.3 is 0 Å². The van der Waals surface area contributed by atoms with Gasteiger partial charge in [0.2, 0.25) is 0 Å². The average molecular weight is 190 g/mol. The van der Waals surface area contributed by atoms with E-state index in [4.69, 9.17) is 0 Å². The predicted molar refractivity (Wildman–Crippen MR) is 59.7 cm³/mol. The van der Waals surface area contributed by atoms with Gasteiger partial charge in [0.1, 0.15) is 5.82 Å². The van der Waals surface area contributed by atoms with Crippen LogP contribution >= 0.6 is 0 Å². The standard InChI is InChI=1S/C13H15F/c1-4-6-7-12-10(3)13(14)9-8-11(12)5-2/h4-5,8-9H,1-2,6-7H2,3H3. The maximum absolute atomic E-state index is 13.3. The van der Waals surface area contributed by atoms with Gasteiger partial charge in [-0.3, -0.25) is 0 Å². The summed E-state index contributed by atoms with van der Waals surface area (Å²) in [5.41, 5.74) is 2.79. The van der Waals surface area contributed by atoms with Crippen molar-refractivity contribution in [3.63, 3.8) is 0 Å². The normalized spacial score (nSPS) is 9.86. The van der Waals surface area contributed by atoms with Crippen LogP contribution in [0.4, 0.5) is 4.39 Å². The van der Waals surface area contributed by atoms with Gasteiger partial charge in [0, 0.05) is 0 Å². The van der Waals surface area contributed by atoms with Crippen molar-refractivity contribution in [1.82, 2.24) is 0 Å². The van der Waals surface area contributed by atoms with Crippen LogP contribution in [-0.4, -0.2) is 0 Å². The number of hydrogen-bond acceptors (Lipinski definition) is 0. The Morgan fingerprint density at radius 1 is 1.36 bits per heavy atom. The fraction of sp³-hybridized carbons (Fsp3) is 0.231. The highest BCUT2D eigenvalue weighted by molar-refractivity contribution is 5.54. The van der Waals surface area contributed by atoms with Gasteiger partial charge in [-0.25, -0.2) is 4.39 Å². The average Bonchev–Trinajstić information content (AvgIpc) is 2.20. The van der Waals surface area contributed by atoms with E-state index in [9.17, 15) is 4.39 Å². The number of benzene rings is 1. The summed E-state index contributed by atoms with van der Waals surface area (Å²) in [4.78, 5) is 0. The van der Waals surface area contributed by atoms with Crippen molar-refractivity contribution in [1.29, 1.82) is 0 Å². The van der Waals surface area contributed by atoms with Crippen LogP contribution in [-0.2, 0) is 6.42 Å². The molecular formula is C13H15F. The van der Waals surface area contributed by atoms with Crippen LogP contribution < -0.4 is 0 Å². The van der Waals surface area contributed by atoms with Crippen molar-refractivity contribution >= 4 is 6.08 Å². The Bertz CT molecular complexity index is 350. The van der Waals surface area contributed by atoms with Crippen molar-refractivity contribution in [3.05, 3.63) is 53.9 Å². The van der Waals surface area contributed by atoms with Crippen LogP contribution in [0.5, 0.6) is 0 Å². The molecule has 0 aromatic heterocycles. The zero-order valence-electron chi connectivity index (χ0n) is 8.52. The smallest absolute Gasteiger partial charge is 0.126 e. The molecule has 0 nitrogen and oxygen atoms in total. The Kier molecular flexibility index (Phi) is 3.63. The summed E-state index contributed by atoms with van der Waals surface area (Å²) >= 11 is 0. The number of rotatable bonds is 4. The lowest BCUT2D eigenvalue weighted by Gasteiger charge is -2.09. The lowest BCUT2D eigenvalue weighted by molar-refractivity contribution is 0.615. The molecule has 1 heteroatoms. The summed E-state index contributed by atoms with van der Waals surface area (Å²) in [5.74, 6) is -0.144.